The SMILES string of the molecule is COc1cc(C(=O)Nc2c(F)cc(F)cc2F)ccc1OC(F)F. The summed E-state index contributed by atoms with van der Waals surface area (Å²) < 4.78 is 73.3. The van der Waals surface area contributed by atoms with Crippen LogP contribution in [0.25, 0.3) is 0 Å². The van der Waals surface area contributed by atoms with E-state index in [2.05, 4.69) is 4.74 Å². The van der Waals surface area contributed by atoms with Gasteiger partial charge in [-0.3, -0.25) is 4.79 Å². The first-order valence-electron chi connectivity index (χ1n) is 6.40. The van der Waals surface area contributed by atoms with E-state index in [9.17, 15) is 26.7 Å². The molecule has 0 atom stereocenters. The molecule has 1 amide bonds. The second kappa shape index (κ2) is 7.16. The van der Waals surface area contributed by atoms with Gasteiger partial charge in [-0.15, -0.1) is 0 Å². The minimum atomic E-state index is -3.10. The number of halogens is 5. The fraction of sp³-hybridized carbons (Fsp3) is 0.133. The van der Waals surface area contributed by atoms with E-state index in [1.54, 1.807) is 0 Å². The largest absolute Gasteiger partial charge is 0.493 e. The van der Waals surface area contributed by atoms with Crippen LogP contribution < -0.4 is 14.8 Å². The molecular formula is C15H10F5NO3. The van der Waals surface area contributed by atoms with E-state index in [1.165, 1.54) is 0 Å². The molecule has 0 heterocycles. The molecule has 0 spiro atoms. The van der Waals surface area contributed by atoms with Crippen LogP contribution in [0.5, 0.6) is 11.5 Å². The molecule has 24 heavy (non-hydrogen) atoms. The highest BCUT2D eigenvalue weighted by Crippen LogP contribution is 2.30. The third-order valence-corrected chi connectivity index (χ3v) is 2.89. The van der Waals surface area contributed by atoms with E-state index < -0.39 is 35.7 Å². The Bertz CT molecular complexity index is 744. The molecule has 4 nitrogen and oxygen atoms in total. The monoisotopic (exact) mass is 347 g/mol. The maximum atomic E-state index is 13.5. The summed E-state index contributed by atoms with van der Waals surface area (Å²) >= 11 is 0. The quantitative estimate of drug-likeness (QED) is 0.833. The Morgan fingerprint density at radius 2 is 1.67 bits per heavy atom. The first-order valence-corrected chi connectivity index (χ1v) is 6.40. The molecule has 2 rings (SSSR count). The molecule has 0 saturated carbocycles. The molecule has 0 bridgehead atoms. The number of rotatable bonds is 5. The predicted octanol–water partition coefficient (Wildman–Crippen LogP) is 3.97. The molecule has 0 aromatic heterocycles. The van der Waals surface area contributed by atoms with Crippen molar-refractivity contribution in [1.82, 2.24) is 0 Å². The normalized spacial score (nSPS) is 10.6. The van der Waals surface area contributed by atoms with Crippen LogP contribution in [-0.2, 0) is 0 Å². The average molecular weight is 347 g/mol. The maximum Gasteiger partial charge on any atom is 0.387 e. The molecule has 0 aliphatic carbocycles. The molecule has 1 N–H and O–H groups in total. The molecular weight excluding hydrogens is 337 g/mol. The molecule has 2 aromatic carbocycles. The summed E-state index contributed by atoms with van der Waals surface area (Å²) in [5, 5.41) is 1.93. The number of alkyl halides is 2. The van der Waals surface area contributed by atoms with Crippen LogP contribution in [0.2, 0.25) is 0 Å². The average Bonchev–Trinajstić information content (AvgIpc) is 2.50. The highest BCUT2D eigenvalue weighted by Gasteiger charge is 2.18. The molecule has 9 heteroatoms. The van der Waals surface area contributed by atoms with Gasteiger partial charge in [-0.2, -0.15) is 8.78 Å². The minimum absolute atomic E-state index is 0.142. The van der Waals surface area contributed by atoms with Crippen molar-refractivity contribution in [3.8, 4) is 11.5 Å². The van der Waals surface area contributed by atoms with Gasteiger partial charge in [-0.1, -0.05) is 0 Å². The summed E-state index contributed by atoms with van der Waals surface area (Å²) in [6, 6.07) is 3.98. The highest BCUT2D eigenvalue weighted by atomic mass is 19.3. The lowest BCUT2D eigenvalue weighted by Crippen LogP contribution is -2.15. The Morgan fingerprint density at radius 3 is 2.21 bits per heavy atom. The highest BCUT2D eigenvalue weighted by molar-refractivity contribution is 6.04. The van der Waals surface area contributed by atoms with E-state index in [0.29, 0.717) is 12.1 Å². The zero-order valence-electron chi connectivity index (χ0n) is 12.1. The van der Waals surface area contributed by atoms with Crippen molar-refractivity contribution in [2.45, 2.75) is 6.61 Å². The fourth-order valence-electron chi connectivity index (χ4n) is 1.85. The second-order valence-electron chi connectivity index (χ2n) is 4.44. The van der Waals surface area contributed by atoms with E-state index in [4.69, 9.17) is 4.74 Å². The van der Waals surface area contributed by atoms with E-state index in [0.717, 1.165) is 25.3 Å². The summed E-state index contributed by atoms with van der Waals surface area (Å²) in [4.78, 5) is 12.0. The summed E-state index contributed by atoms with van der Waals surface area (Å²) in [7, 11) is 1.16. The summed E-state index contributed by atoms with van der Waals surface area (Å²) in [6.45, 7) is -3.10. The van der Waals surface area contributed by atoms with Gasteiger partial charge in [0.05, 0.1) is 7.11 Å². The number of nitrogens with one attached hydrogen (secondary N) is 1. The number of benzene rings is 2. The number of hydrogen-bond acceptors (Lipinski definition) is 3. The number of anilines is 1. The molecule has 0 unspecified atom stereocenters. The summed E-state index contributed by atoms with van der Waals surface area (Å²) in [5.74, 6) is -5.19. The van der Waals surface area contributed by atoms with E-state index in [-0.39, 0.29) is 17.1 Å². The van der Waals surface area contributed by atoms with E-state index in [1.807, 2.05) is 5.32 Å². The molecule has 2 aromatic rings. The Hall–Kier alpha value is -2.84. The Labute approximate surface area is 132 Å². The lowest BCUT2D eigenvalue weighted by atomic mass is 10.1. The Morgan fingerprint density at radius 1 is 1.04 bits per heavy atom. The number of amides is 1. The van der Waals surface area contributed by atoms with Crippen LogP contribution in [0.3, 0.4) is 0 Å². The molecule has 0 saturated heterocycles. The van der Waals surface area contributed by atoms with Crippen LogP contribution in [0.15, 0.2) is 30.3 Å². The minimum Gasteiger partial charge on any atom is -0.493 e. The van der Waals surface area contributed by atoms with Gasteiger partial charge in [0.15, 0.2) is 23.1 Å². The van der Waals surface area contributed by atoms with Crippen molar-refractivity contribution < 1.29 is 36.2 Å². The number of ether oxygens (including phenoxy) is 2. The maximum absolute atomic E-state index is 13.5. The Kier molecular flexibility index (Phi) is 5.22. The number of methoxy groups -OCH3 is 1. The molecule has 0 radical (unpaired) electrons. The van der Waals surface area contributed by atoms with Gasteiger partial charge in [0.2, 0.25) is 0 Å². The van der Waals surface area contributed by atoms with Gasteiger partial charge in [0, 0.05) is 17.7 Å². The first-order chi connectivity index (χ1) is 11.3. The van der Waals surface area contributed by atoms with Gasteiger partial charge in [-0.05, 0) is 18.2 Å². The fourth-order valence-corrected chi connectivity index (χ4v) is 1.85. The van der Waals surface area contributed by atoms with Crippen LogP contribution in [-0.4, -0.2) is 19.6 Å². The molecule has 128 valence electrons. The van der Waals surface area contributed by atoms with Crippen LogP contribution in [0.4, 0.5) is 27.6 Å². The zero-order chi connectivity index (χ0) is 17.9. The van der Waals surface area contributed by atoms with Crippen molar-refractivity contribution in [2.24, 2.45) is 0 Å². The molecule has 0 fully saturated rings. The van der Waals surface area contributed by atoms with Crippen molar-refractivity contribution in [1.29, 1.82) is 0 Å². The number of hydrogen-bond donors (Lipinski definition) is 1. The molecule has 0 aliphatic rings. The van der Waals surface area contributed by atoms with Gasteiger partial charge in [0.1, 0.15) is 11.5 Å². The third-order valence-electron chi connectivity index (χ3n) is 2.89. The van der Waals surface area contributed by atoms with Crippen LogP contribution in [0.1, 0.15) is 10.4 Å². The van der Waals surface area contributed by atoms with Gasteiger partial charge >= 0.3 is 6.61 Å². The topological polar surface area (TPSA) is 47.6 Å². The lowest BCUT2D eigenvalue weighted by molar-refractivity contribution is -0.0512. The van der Waals surface area contributed by atoms with E-state index >= 15 is 0 Å². The third kappa shape index (κ3) is 3.92. The number of carbonyl (C=O) groups excluding carboxylic acids is 1. The standard InChI is InChI=1S/C15H10F5NO3/c1-23-12-4-7(2-3-11(12)24-15(19)20)14(22)21-13-9(17)5-8(16)6-10(13)18/h2-6,15H,1H3,(H,21,22). The van der Waals surface area contributed by atoms with Crippen molar-refractivity contribution in [3.63, 3.8) is 0 Å². The van der Waals surface area contributed by atoms with Crippen LogP contribution >= 0.6 is 0 Å². The predicted molar refractivity (Wildman–Crippen MR) is 73.9 cm³/mol. The van der Waals surface area contributed by atoms with Crippen molar-refractivity contribution >= 4 is 11.6 Å². The van der Waals surface area contributed by atoms with Gasteiger partial charge < -0.3 is 14.8 Å². The van der Waals surface area contributed by atoms with Gasteiger partial charge in [-0.25, -0.2) is 13.2 Å². The smallest absolute Gasteiger partial charge is 0.387 e. The lowest BCUT2D eigenvalue weighted by Gasteiger charge is -2.12. The van der Waals surface area contributed by atoms with Crippen molar-refractivity contribution in [3.05, 3.63) is 53.3 Å². The Balaban J connectivity index is 2.27. The van der Waals surface area contributed by atoms with Gasteiger partial charge in [0.25, 0.3) is 5.91 Å². The second-order valence-corrected chi connectivity index (χ2v) is 4.44. The summed E-state index contributed by atoms with van der Waals surface area (Å²) in [6.07, 6.45) is 0. The number of carbonyl (C=O) groups is 1. The van der Waals surface area contributed by atoms with Crippen LogP contribution in [0, 0.1) is 17.5 Å². The first kappa shape index (κ1) is 17.5. The van der Waals surface area contributed by atoms with Crippen molar-refractivity contribution in [2.75, 3.05) is 12.4 Å². The summed E-state index contributed by atoms with van der Waals surface area (Å²) in [5.41, 5.74) is -0.982. The zero-order valence-corrected chi connectivity index (χ0v) is 12.1. The molecule has 0 aliphatic heterocycles.